The zero-order chi connectivity index (χ0) is 11.3. The molecule has 1 rings (SSSR count). The van der Waals surface area contributed by atoms with Gasteiger partial charge in [-0.05, 0) is 24.3 Å². The molecule has 0 spiro atoms. The number of halogens is 2. The zero-order valence-corrected chi connectivity index (χ0v) is 7.82. The fourth-order valence-corrected chi connectivity index (χ4v) is 0.974. The predicted octanol–water partition coefficient (Wildman–Crippen LogP) is 1.60. The lowest BCUT2D eigenvalue weighted by atomic mass is 10.2. The van der Waals surface area contributed by atoms with Crippen molar-refractivity contribution in [1.29, 1.82) is 5.26 Å². The van der Waals surface area contributed by atoms with Crippen molar-refractivity contribution in [2.45, 2.75) is 12.5 Å². The molecule has 1 unspecified atom stereocenters. The maximum Gasteiger partial charge on any atom is 0.265 e. The predicted molar refractivity (Wildman–Crippen MR) is 51.7 cm³/mol. The number of hydrogen-bond acceptors (Lipinski definition) is 3. The minimum atomic E-state index is -2.75. The van der Waals surface area contributed by atoms with Gasteiger partial charge in [0.05, 0.1) is 11.6 Å². The molecule has 0 fully saturated rings. The van der Waals surface area contributed by atoms with Crippen LogP contribution in [0.2, 0.25) is 0 Å². The molecule has 0 saturated heterocycles. The van der Waals surface area contributed by atoms with Crippen LogP contribution in [0.15, 0.2) is 24.3 Å². The second-order valence-electron chi connectivity index (χ2n) is 2.97. The molecule has 1 atom stereocenters. The molecule has 0 radical (unpaired) electrons. The molecule has 3 nitrogen and oxygen atoms in total. The monoisotopic (exact) mass is 212 g/mol. The molecule has 0 aliphatic heterocycles. The van der Waals surface area contributed by atoms with Gasteiger partial charge >= 0.3 is 0 Å². The number of hydrogen-bond donors (Lipinski definition) is 2. The van der Waals surface area contributed by atoms with E-state index in [1.165, 1.54) is 0 Å². The molecule has 0 aromatic heterocycles. The van der Waals surface area contributed by atoms with E-state index in [0.717, 1.165) is 0 Å². The Labute approximate surface area is 86.0 Å². The van der Waals surface area contributed by atoms with Gasteiger partial charge < -0.3 is 10.4 Å². The van der Waals surface area contributed by atoms with Crippen LogP contribution in [0.3, 0.4) is 0 Å². The van der Waals surface area contributed by atoms with Crippen LogP contribution in [0.5, 0.6) is 0 Å². The zero-order valence-electron chi connectivity index (χ0n) is 7.82. The lowest BCUT2D eigenvalue weighted by molar-refractivity contribution is 0.00384. The Bertz CT molecular complexity index is 345. The smallest absolute Gasteiger partial charge is 0.265 e. The Morgan fingerprint density at radius 3 is 2.40 bits per heavy atom. The van der Waals surface area contributed by atoms with E-state index in [9.17, 15) is 8.78 Å². The fourth-order valence-electron chi connectivity index (χ4n) is 0.974. The van der Waals surface area contributed by atoms with Crippen LogP contribution in [0, 0.1) is 11.3 Å². The molecule has 0 bridgehead atoms. The normalized spacial score (nSPS) is 12.2. The van der Waals surface area contributed by atoms with Gasteiger partial charge in [-0.25, -0.2) is 8.78 Å². The summed E-state index contributed by atoms with van der Waals surface area (Å²) < 4.78 is 23.8. The Morgan fingerprint density at radius 1 is 1.33 bits per heavy atom. The van der Waals surface area contributed by atoms with Crippen LogP contribution < -0.4 is 5.32 Å². The standard InChI is InChI=1S/C10H10F2N2O/c11-10(12)9(15)6-14-8-3-1-7(5-13)2-4-8/h1-4,9-10,14-15H,6H2. The van der Waals surface area contributed by atoms with E-state index >= 15 is 0 Å². The highest BCUT2D eigenvalue weighted by Gasteiger charge is 2.15. The number of aliphatic hydroxyl groups is 1. The van der Waals surface area contributed by atoms with Crippen LogP contribution in [0.1, 0.15) is 5.56 Å². The molecule has 2 N–H and O–H groups in total. The molecule has 0 amide bonds. The Morgan fingerprint density at radius 2 is 1.93 bits per heavy atom. The summed E-state index contributed by atoms with van der Waals surface area (Å²) in [6, 6.07) is 8.26. The number of anilines is 1. The molecule has 0 heterocycles. The summed E-state index contributed by atoms with van der Waals surface area (Å²) in [5.41, 5.74) is 1.09. The Hall–Kier alpha value is -1.67. The number of nitriles is 1. The molecular weight excluding hydrogens is 202 g/mol. The highest BCUT2D eigenvalue weighted by atomic mass is 19.3. The van der Waals surface area contributed by atoms with Crippen molar-refractivity contribution < 1.29 is 13.9 Å². The molecule has 15 heavy (non-hydrogen) atoms. The lowest BCUT2D eigenvalue weighted by Gasteiger charge is -2.11. The topological polar surface area (TPSA) is 56.0 Å². The highest BCUT2D eigenvalue weighted by Crippen LogP contribution is 2.09. The molecule has 5 heteroatoms. The van der Waals surface area contributed by atoms with Crippen LogP contribution >= 0.6 is 0 Å². The minimum absolute atomic E-state index is 0.219. The van der Waals surface area contributed by atoms with Gasteiger partial charge in [0.1, 0.15) is 6.10 Å². The van der Waals surface area contributed by atoms with Crippen molar-refractivity contribution in [3.63, 3.8) is 0 Å². The molecule has 1 aromatic rings. The largest absolute Gasteiger partial charge is 0.385 e. The summed E-state index contributed by atoms with van der Waals surface area (Å²) in [7, 11) is 0. The number of nitrogens with zero attached hydrogens (tertiary/aromatic N) is 1. The third kappa shape index (κ3) is 3.52. The number of benzene rings is 1. The number of aliphatic hydroxyl groups excluding tert-OH is 1. The van der Waals surface area contributed by atoms with Crippen molar-refractivity contribution in [2.75, 3.05) is 11.9 Å². The van der Waals surface area contributed by atoms with Crippen LogP contribution in [0.4, 0.5) is 14.5 Å². The second kappa shape index (κ2) is 5.27. The first-order valence-electron chi connectivity index (χ1n) is 4.33. The first kappa shape index (κ1) is 11.4. The lowest BCUT2D eigenvalue weighted by Crippen LogP contribution is -2.26. The van der Waals surface area contributed by atoms with Crippen LogP contribution in [-0.4, -0.2) is 24.2 Å². The van der Waals surface area contributed by atoms with Gasteiger partial charge in [-0.2, -0.15) is 5.26 Å². The van der Waals surface area contributed by atoms with Crippen LogP contribution in [-0.2, 0) is 0 Å². The third-order valence-electron chi connectivity index (χ3n) is 1.82. The van der Waals surface area contributed by atoms with Gasteiger partial charge in [0, 0.05) is 12.2 Å². The summed E-state index contributed by atoms with van der Waals surface area (Å²) in [4.78, 5) is 0. The molecule has 0 aliphatic rings. The average Bonchev–Trinajstić information content (AvgIpc) is 2.26. The molecular formula is C10H10F2N2O. The second-order valence-corrected chi connectivity index (χ2v) is 2.97. The van der Waals surface area contributed by atoms with Gasteiger partial charge in [0.25, 0.3) is 6.43 Å². The summed E-state index contributed by atoms with van der Waals surface area (Å²) in [5.74, 6) is 0. The molecule has 0 aliphatic carbocycles. The van der Waals surface area contributed by atoms with E-state index in [4.69, 9.17) is 10.4 Å². The van der Waals surface area contributed by atoms with Crippen molar-refractivity contribution in [3.05, 3.63) is 29.8 Å². The van der Waals surface area contributed by atoms with E-state index < -0.39 is 12.5 Å². The van der Waals surface area contributed by atoms with E-state index in [0.29, 0.717) is 11.3 Å². The van der Waals surface area contributed by atoms with Gasteiger partial charge in [0.15, 0.2) is 0 Å². The van der Waals surface area contributed by atoms with Gasteiger partial charge in [-0.15, -0.1) is 0 Å². The SMILES string of the molecule is N#Cc1ccc(NCC(O)C(F)F)cc1. The minimum Gasteiger partial charge on any atom is -0.385 e. The summed E-state index contributed by atoms with van der Waals surface area (Å²) in [6.07, 6.45) is -4.43. The summed E-state index contributed by atoms with van der Waals surface area (Å²) >= 11 is 0. The fraction of sp³-hybridized carbons (Fsp3) is 0.300. The van der Waals surface area contributed by atoms with E-state index in [1.54, 1.807) is 24.3 Å². The summed E-state index contributed by atoms with van der Waals surface area (Å²) in [6.45, 7) is -0.219. The maximum atomic E-state index is 11.9. The van der Waals surface area contributed by atoms with E-state index in [1.807, 2.05) is 6.07 Å². The van der Waals surface area contributed by atoms with Gasteiger partial charge in [-0.3, -0.25) is 0 Å². The molecule has 80 valence electrons. The average molecular weight is 212 g/mol. The first-order valence-corrected chi connectivity index (χ1v) is 4.33. The quantitative estimate of drug-likeness (QED) is 0.796. The van der Waals surface area contributed by atoms with Crippen LogP contribution in [0.25, 0.3) is 0 Å². The van der Waals surface area contributed by atoms with E-state index in [-0.39, 0.29) is 6.54 Å². The Balaban J connectivity index is 2.48. The first-order chi connectivity index (χ1) is 7.13. The Kier molecular flexibility index (Phi) is 4.01. The number of nitrogens with one attached hydrogen (secondary N) is 1. The highest BCUT2D eigenvalue weighted by molar-refractivity contribution is 5.47. The van der Waals surface area contributed by atoms with E-state index in [2.05, 4.69) is 5.32 Å². The van der Waals surface area contributed by atoms with Gasteiger partial charge in [0.2, 0.25) is 0 Å². The van der Waals surface area contributed by atoms with Crippen molar-refractivity contribution >= 4 is 5.69 Å². The maximum absolute atomic E-state index is 11.9. The van der Waals surface area contributed by atoms with Crippen molar-refractivity contribution in [1.82, 2.24) is 0 Å². The summed E-state index contributed by atoms with van der Waals surface area (Å²) in [5, 5.41) is 20.0. The molecule has 1 aromatic carbocycles. The molecule has 0 saturated carbocycles. The van der Waals surface area contributed by atoms with Crippen molar-refractivity contribution in [3.8, 4) is 6.07 Å². The number of rotatable bonds is 4. The number of alkyl halides is 2. The van der Waals surface area contributed by atoms with Crippen molar-refractivity contribution in [2.24, 2.45) is 0 Å². The van der Waals surface area contributed by atoms with Gasteiger partial charge in [-0.1, -0.05) is 0 Å². The third-order valence-corrected chi connectivity index (χ3v) is 1.82.